The van der Waals surface area contributed by atoms with Crippen molar-refractivity contribution in [2.45, 2.75) is 13.8 Å². The Kier molecular flexibility index (Phi) is 5.91. The maximum Gasteiger partial charge on any atom is 0.282 e. The van der Waals surface area contributed by atoms with Gasteiger partial charge in [-0.25, -0.2) is 4.90 Å². The van der Waals surface area contributed by atoms with E-state index in [1.807, 2.05) is 26.0 Å². The molecule has 1 N–H and O–H groups in total. The molecule has 0 unspecified atom stereocenters. The number of carbonyl (C=O) groups excluding carboxylic acids is 2. The third-order valence-corrected chi connectivity index (χ3v) is 5.22. The van der Waals surface area contributed by atoms with E-state index in [-0.39, 0.29) is 17.0 Å². The summed E-state index contributed by atoms with van der Waals surface area (Å²) in [7, 11) is 0. The van der Waals surface area contributed by atoms with Crippen molar-refractivity contribution in [2.24, 2.45) is 0 Å². The number of non-ortho nitro benzene ring substituents is 1. The number of nitrogens with zero attached hydrogens (tertiary/aromatic N) is 2. The van der Waals surface area contributed by atoms with E-state index >= 15 is 0 Å². The molecule has 0 spiro atoms. The summed E-state index contributed by atoms with van der Waals surface area (Å²) in [6.07, 6.45) is 0. The summed E-state index contributed by atoms with van der Waals surface area (Å²) < 4.78 is 5.53. The van der Waals surface area contributed by atoms with Crippen molar-refractivity contribution >= 4 is 34.4 Å². The summed E-state index contributed by atoms with van der Waals surface area (Å²) in [5.74, 6) is -0.399. The fourth-order valence-electron chi connectivity index (χ4n) is 3.67. The zero-order valence-corrected chi connectivity index (χ0v) is 18.1. The smallest absolute Gasteiger partial charge is 0.282 e. The Bertz CT molecular complexity index is 1280. The summed E-state index contributed by atoms with van der Waals surface area (Å²) in [6.45, 7) is 4.17. The number of aryl methyl sites for hydroxylation is 1. The number of anilines is 2. The van der Waals surface area contributed by atoms with E-state index in [4.69, 9.17) is 4.74 Å². The van der Waals surface area contributed by atoms with Gasteiger partial charge in [0.15, 0.2) is 0 Å². The molecule has 0 saturated carbocycles. The van der Waals surface area contributed by atoms with E-state index in [0.717, 1.165) is 10.5 Å². The lowest BCUT2D eigenvalue weighted by Crippen LogP contribution is -2.33. The van der Waals surface area contributed by atoms with Gasteiger partial charge in [-0.1, -0.05) is 24.3 Å². The molecule has 0 bridgehead atoms. The summed E-state index contributed by atoms with van der Waals surface area (Å²) in [6, 6.07) is 19.7. The van der Waals surface area contributed by atoms with Gasteiger partial charge < -0.3 is 10.1 Å². The summed E-state index contributed by atoms with van der Waals surface area (Å²) in [4.78, 5) is 38.7. The Morgan fingerprint density at radius 1 is 0.970 bits per heavy atom. The molecule has 0 radical (unpaired) electrons. The lowest BCUT2D eigenvalue weighted by molar-refractivity contribution is -0.384. The van der Waals surface area contributed by atoms with Crippen LogP contribution in [0.25, 0.3) is 5.57 Å². The first kappa shape index (κ1) is 21.8. The number of carbonyl (C=O) groups is 2. The molecular formula is C25H21N3O5. The molecule has 0 aromatic heterocycles. The quantitative estimate of drug-likeness (QED) is 0.323. The number of ether oxygens (including phenoxy) is 1. The Hall–Kier alpha value is -4.46. The van der Waals surface area contributed by atoms with Gasteiger partial charge in [0, 0.05) is 23.9 Å². The normalized spacial score (nSPS) is 13.5. The molecule has 1 aliphatic rings. The molecule has 0 fully saturated rings. The van der Waals surface area contributed by atoms with Crippen LogP contribution >= 0.6 is 0 Å². The Labute approximate surface area is 190 Å². The molecule has 1 heterocycles. The SMILES string of the molecule is CCOc1cccc(NC2=C(c3ccc([N+](=O)[O-])cc3)C(=O)N(c3ccccc3C)C2=O)c1. The summed E-state index contributed by atoms with van der Waals surface area (Å²) in [5.41, 5.74) is 2.34. The molecule has 3 aromatic carbocycles. The summed E-state index contributed by atoms with van der Waals surface area (Å²) >= 11 is 0. The minimum atomic E-state index is -0.516. The van der Waals surface area contributed by atoms with Crippen molar-refractivity contribution in [3.8, 4) is 5.75 Å². The number of hydrogen-bond acceptors (Lipinski definition) is 6. The van der Waals surface area contributed by atoms with Gasteiger partial charge in [0.25, 0.3) is 17.5 Å². The lowest BCUT2D eigenvalue weighted by atomic mass is 10.0. The second-order valence-corrected chi connectivity index (χ2v) is 7.37. The topological polar surface area (TPSA) is 102 Å². The first-order valence-electron chi connectivity index (χ1n) is 10.3. The highest BCUT2D eigenvalue weighted by molar-refractivity contribution is 6.46. The molecular weight excluding hydrogens is 422 g/mol. The predicted octanol–water partition coefficient (Wildman–Crippen LogP) is 4.70. The number of benzene rings is 3. The highest BCUT2D eigenvalue weighted by Gasteiger charge is 2.40. The second kappa shape index (κ2) is 8.96. The number of rotatable bonds is 7. The molecule has 33 heavy (non-hydrogen) atoms. The molecule has 0 atom stereocenters. The molecule has 8 heteroatoms. The van der Waals surface area contributed by atoms with E-state index in [0.29, 0.717) is 29.3 Å². The van der Waals surface area contributed by atoms with Crippen LogP contribution in [0.2, 0.25) is 0 Å². The molecule has 3 aromatic rings. The van der Waals surface area contributed by atoms with Crippen LogP contribution in [-0.2, 0) is 9.59 Å². The average molecular weight is 443 g/mol. The van der Waals surface area contributed by atoms with Crippen LogP contribution < -0.4 is 15.0 Å². The molecule has 166 valence electrons. The maximum atomic E-state index is 13.5. The minimum Gasteiger partial charge on any atom is -0.494 e. The molecule has 8 nitrogen and oxygen atoms in total. The van der Waals surface area contributed by atoms with Crippen LogP contribution in [0, 0.1) is 17.0 Å². The van der Waals surface area contributed by atoms with Gasteiger partial charge in [-0.15, -0.1) is 0 Å². The fourth-order valence-corrected chi connectivity index (χ4v) is 3.67. The predicted molar refractivity (Wildman–Crippen MR) is 125 cm³/mol. The number of amides is 2. The van der Waals surface area contributed by atoms with E-state index in [9.17, 15) is 19.7 Å². The number of nitrogens with one attached hydrogen (secondary N) is 1. The van der Waals surface area contributed by atoms with Crippen molar-refractivity contribution in [3.63, 3.8) is 0 Å². The van der Waals surface area contributed by atoms with Gasteiger partial charge in [0.2, 0.25) is 0 Å². The van der Waals surface area contributed by atoms with Gasteiger partial charge >= 0.3 is 0 Å². The number of hydrogen-bond donors (Lipinski definition) is 1. The third-order valence-electron chi connectivity index (χ3n) is 5.22. The van der Waals surface area contributed by atoms with Crippen LogP contribution in [0.1, 0.15) is 18.1 Å². The van der Waals surface area contributed by atoms with E-state index < -0.39 is 16.7 Å². The first-order valence-corrected chi connectivity index (χ1v) is 10.3. The summed E-state index contributed by atoms with van der Waals surface area (Å²) in [5, 5.41) is 14.1. The molecule has 0 saturated heterocycles. The number of nitro groups is 1. The molecule has 2 amide bonds. The highest BCUT2D eigenvalue weighted by Crippen LogP contribution is 2.35. The van der Waals surface area contributed by atoms with Crippen LogP contribution in [0.5, 0.6) is 5.75 Å². The van der Waals surface area contributed by atoms with E-state index in [2.05, 4.69) is 5.32 Å². The van der Waals surface area contributed by atoms with E-state index in [1.165, 1.54) is 24.3 Å². The molecule has 0 aliphatic carbocycles. The largest absolute Gasteiger partial charge is 0.494 e. The molecule has 1 aliphatic heterocycles. The van der Waals surface area contributed by atoms with Crippen molar-refractivity contribution in [1.29, 1.82) is 0 Å². The van der Waals surface area contributed by atoms with Gasteiger partial charge in [0.05, 0.1) is 22.8 Å². The Morgan fingerprint density at radius 2 is 1.70 bits per heavy atom. The van der Waals surface area contributed by atoms with Crippen molar-refractivity contribution in [3.05, 3.63) is 99.7 Å². The Balaban J connectivity index is 1.81. The fraction of sp³-hybridized carbons (Fsp3) is 0.120. The number of nitro benzene ring substituents is 1. The standard InChI is InChI=1S/C25H21N3O5/c1-3-33-20-9-6-8-18(15-20)26-23-22(17-11-13-19(14-12-17)28(31)32)24(29)27(25(23)30)21-10-5-4-7-16(21)2/h4-15,26H,3H2,1-2H3. The monoisotopic (exact) mass is 443 g/mol. The first-order chi connectivity index (χ1) is 15.9. The van der Waals surface area contributed by atoms with E-state index in [1.54, 1.807) is 36.4 Å². The zero-order valence-electron chi connectivity index (χ0n) is 18.1. The number of imide groups is 1. The van der Waals surface area contributed by atoms with Crippen LogP contribution in [0.15, 0.2) is 78.5 Å². The van der Waals surface area contributed by atoms with Gasteiger partial charge in [-0.05, 0) is 55.3 Å². The van der Waals surface area contributed by atoms with Crippen molar-refractivity contribution in [2.75, 3.05) is 16.8 Å². The maximum absolute atomic E-state index is 13.5. The van der Waals surface area contributed by atoms with Crippen LogP contribution in [0.4, 0.5) is 17.1 Å². The van der Waals surface area contributed by atoms with Crippen LogP contribution in [0.3, 0.4) is 0 Å². The van der Waals surface area contributed by atoms with Gasteiger partial charge in [0.1, 0.15) is 11.4 Å². The van der Waals surface area contributed by atoms with Crippen molar-refractivity contribution < 1.29 is 19.2 Å². The minimum absolute atomic E-state index is 0.0887. The zero-order chi connectivity index (χ0) is 23.5. The molecule has 4 rings (SSSR count). The van der Waals surface area contributed by atoms with Crippen molar-refractivity contribution in [1.82, 2.24) is 0 Å². The number of para-hydroxylation sites is 1. The third kappa shape index (κ3) is 4.18. The van der Waals surface area contributed by atoms with Gasteiger partial charge in [-0.2, -0.15) is 0 Å². The second-order valence-electron chi connectivity index (χ2n) is 7.37. The average Bonchev–Trinajstić information content (AvgIpc) is 3.04. The Morgan fingerprint density at radius 3 is 2.36 bits per heavy atom. The van der Waals surface area contributed by atoms with Gasteiger partial charge in [-0.3, -0.25) is 19.7 Å². The highest BCUT2D eigenvalue weighted by atomic mass is 16.6. The lowest BCUT2D eigenvalue weighted by Gasteiger charge is -2.17. The van der Waals surface area contributed by atoms with Crippen LogP contribution in [-0.4, -0.2) is 23.3 Å².